The molecule has 1 aliphatic heterocycles. The van der Waals surface area contributed by atoms with Gasteiger partial charge in [-0.05, 0) is 56.2 Å². The summed E-state index contributed by atoms with van der Waals surface area (Å²) in [5, 5.41) is 6.68. The number of hydrogen-bond donors (Lipinski definition) is 2. The van der Waals surface area contributed by atoms with E-state index >= 15 is 0 Å². The second-order valence-electron chi connectivity index (χ2n) is 6.77. The molecular weight excluding hydrogens is 352 g/mol. The molecule has 3 aromatic rings. The minimum absolute atomic E-state index is 0.267. The Kier molecular flexibility index (Phi) is 5.68. The van der Waals surface area contributed by atoms with Crippen LogP contribution in [0.25, 0.3) is 0 Å². The highest BCUT2D eigenvalue weighted by Gasteiger charge is 2.15. The van der Waals surface area contributed by atoms with Crippen LogP contribution in [0.3, 0.4) is 0 Å². The van der Waals surface area contributed by atoms with Crippen molar-refractivity contribution < 1.29 is 9.47 Å². The Balaban J connectivity index is 1.39. The fraction of sp³-hybridized carbons (Fsp3) is 0.273. The number of nitrogens with one attached hydrogen (secondary N) is 2. The maximum Gasteiger partial charge on any atom is 0.136 e. The first kappa shape index (κ1) is 18.3. The summed E-state index contributed by atoms with van der Waals surface area (Å²) in [6.07, 6.45) is 2.50. The molecular formula is C22H24N4O2. The molecule has 1 aromatic heterocycles. The molecule has 1 saturated heterocycles. The van der Waals surface area contributed by atoms with E-state index in [1.807, 2.05) is 67.6 Å². The highest BCUT2D eigenvalue weighted by atomic mass is 16.5. The van der Waals surface area contributed by atoms with E-state index in [0.29, 0.717) is 5.82 Å². The average molecular weight is 376 g/mol. The highest BCUT2D eigenvalue weighted by molar-refractivity contribution is 5.60. The summed E-state index contributed by atoms with van der Waals surface area (Å²) in [5.41, 5.74) is 0.934. The SMILES string of the molecule is Cc1nc(NCC2CCCO2)cc(Nc2ccc(Oc3ccccc3)cc2)n1. The molecule has 6 heteroatoms. The smallest absolute Gasteiger partial charge is 0.136 e. The predicted octanol–water partition coefficient (Wildman–Crippen LogP) is 4.91. The Morgan fingerprint density at radius 3 is 2.50 bits per heavy atom. The number of para-hydroxylation sites is 1. The van der Waals surface area contributed by atoms with Crippen LogP contribution < -0.4 is 15.4 Å². The lowest BCUT2D eigenvalue weighted by Crippen LogP contribution is -2.19. The lowest BCUT2D eigenvalue weighted by Gasteiger charge is -2.13. The Hall–Kier alpha value is -3.12. The molecule has 1 fully saturated rings. The third-order valence-corrected chi connectivity index (χ3v) is 4.48. The number of aromatic nitrogens is 2. The topological polar surface area (TPSA) is 68.3 Å². The fourth-order valence-electron chi connectivity index (χ4n) is 3.12. The van der Waals surface area contributed by atoms with E-state index in [1.165, 1.54) is 0 Å². The molecule has 6 nitrogen and oxygen atoms in total. The van der Waals surface area contributed by atoms with Crippen LogP contribution in [0.2, 0.25) is 0 Å². The fourth-order valence-corrected chi connectivity index (χ4v) is 3.12. The molecule has 0 spiro atoms. The molecule has 0 bridgehead atoms. The molecule has 0 aliphatic carbocycles. The second kappa shape index (κ2) is 8.71. The number of aryl methyl sites for hydroxylation is 1. The van der Waals surface area contributed by atoms with Crippen molar-refractivity contribution in [2.75, 3.05) is 23.8 Å². The Bertz CT molecular complexity index is 894. The van der Waals surface area contributed by atoms with Crippen LogP contribution in [-0.4, -0.2) is 29.2 Å². The van der Waals surface area contributed by atoms with Gasteiger partial charge in [0, 0.05) is 24.9 Å². The van der Waals surface area contributed by atoms with Crippen molar-refractivity contribution >= 4 is 17.3 Å². The molecule has 2 aromatic carbocycles. The van der Waals surface area contributed by atoms with E-state index in [1.54, 1.807) is 0 Å². The number of hydrogen-bond acceptors (Lipinski definition) is 6. The van der Waals surface area contributed by atoms with Crippen LogP contribution in [0.15, 0.2) is 60.7 Å². The minimum atomic E-state index is 0.267. The summed E-state index contributed by atoms with van der Waals surface area (Å²) in [6.45, 7) is 3.51. The minimum Gasteiger partial charge on any atom is -0.457 e. The van der Waals surface area contributed by atoms with Gasteiger partial charge in [0.15, 0.2) is 0 Å². The molecule has 2 N–H and O–H groups in total. The van der Waals surface area contributed by atoms with Crippen LogP contribution in [0.5, 0.6) is 11.5 Å². The number of rotatable bonds is 7. The van der Waals surface area contributed by atoms with Gasteiger partial charge >= 0.3 is 0 Å². The van der Waals surface area contributed by atoms with Gasteiger partial charge < -0.3 is 20.1 Å². The van der Waals surface area contributed by atoms with E-state index in [4.69, 9.17) is 9.47 Å². The van der Waals surface area contributed by atoms with Gasteiger partial charge in [-0.25, -0.2) is 9.97 Å². The summed E-state index contributed by atoms with van der Waals surface area (Å²) in [4.78, 5) is 8.93. The third-order valence-electron chi connectivity index (χ3n) is 4.48. The van der Waals surface area contributed by atoms with Crippen molar-refractivity contribution in [2.24, 2.45) is 0 Å². The quantitative estimate of drug-likeness (QED) is 0.610. The van der Waals surface area contributed by atoms with Crippen molar-refractivity contribution in [3.8, 4) is 11.5 Å². The molecule has 0 radical (unpaired) electrons. The maximum absolute atomic E-state index is 5.83. The van der Waals surface area contributed by atoms with Crippen molar-refractivity contribution in [3.05, 3.63) is 66.5 Å². The van der Waals surface area contributed by atoms with Crippen LogP contribution in [0, 0.1) is 6.92 Å². The standard InChI is InChI=1S/C22H24N4O2/c1-16-24-21(23-15-20-8-5-13-27-20)14-22(25-16)26-17-9-11-19(12-10-17)28-18-6-3-2-4-7-18/h2-4,6-7,9-12,14,20H,5,8,13,15H2,1H3,(H2,23,24,25,26). The third kappa shape index (κ3) is 4.98. The molecule has 144 valence electrons. The van der Waals surface area contributed by atoms with E-state index in [0.717, 1.165) is 54.8 Å². The van der Waals surface area contributed by atoms with Gasteiger partial charge in [0.25, 0.3) is 0 Å². The zero-order valence-electron chi connectivity index (χ0n) is 15.9. The van der Waals surface area contributed by atoms with Crippen molar-refractivity contribution in [1.82, 2.24) is 9.97 Å². The number of ether oxygens (including phenoxy) is 2. The Morgan fingerprint density at radius 2 is 1.75 bits per heavy atom. The maximum atomic E-state index is 5.83. The monoisotopic (exact) mass is 376 g/mol. The summed E-state index contributed by atoms with van der Waals surface area (Å²) in [5.74, 6) is 3.86. The predicted molar refractivity (Wildman–Crippen MR) is 110 cm³/mol. The van der Waals surface area contributed by atoms with E-state index < -0.39 is 0 Å². The molecule has 2 heterocycles. The van der Waals surface area contributed by atoms with Crippen LogP contribution in [0.4, 0.5) is 17.3 Å². The summed E-state index contributed by atoms with van der Waals surface area (Å²) in [6, 6.07) is 19.4. The first-order valence-corrected chi connectivity index (χ1v) is 9.56. The Morgan fingerprint density at radius 1 is 1.00 bits per heavy atom. The number of nitrogens with zero attached hydrogens (tertiary/aromatic N) is 2. The molecule has 0 amide bonds. The second-order valence-corrected chi connectivity index (χ2v) is 6.77. The van der Waals surface area contributed by atoms with Crippen LogP contribution in [0.1, 0.15) is 18.7 Å². The molecule has 1 atom stereocenters. The Labute approximate surface area is 164 Å². The first-order valence-electron chi connectivity index (χ1n) is 9.56. The van der Waals surface area contributed by atoms with Gasteiger partial charge in [0.05, 0.1) is 6.10 Å². The van der Waals surface area contributed by atoms with Gasteiger partial charge in [0.1, 0.15) is 29.0 Å². The van der Waals surface area contributed by atoms with Gasteiger partial charge in [-0.15, -0.1) is 0 Å². The number of anilines is 3. The average Bonchev–Trinajstić information content (AvgIpc) is 3.22. The summed E-state index contributed by atoms with van der Waals surface area (Å²) < 4.78 is 11.5. The van der Waals surface area contributed by atoms with E-state index in [9.17, 15) is 0 Å². The lowest BCUT2D eigenvalue weighted by molar-refractivity contribution is 0.120. The largest absolute Gasteiger partial charge is 0.457 e. The van der Waals surface area contributed by atoms with Gasteiger partial charge in [-0.1, -0.05) is 18.2 Å². The van der Waals surface area contributed by atoms with Crippen LogP contribution >= 0.6 is 0 Å². The normalized spacial score (nSPS) is 16.0. The van der Waals surface area contributed by atoms with Crippen molar-refractivity contribution in [1.29, 1.82) is 0 Å². The van der Waals surface area contributed by atoms with Crippen LogP contribution in [-0.2, 0) is 4.74 Å². The molecule has 0 saturated carbocycles. The van der Waals surface area contributed by atoms with Gasteiger partial charge in [-0.3, -0.25) is 0 Å². The lowest BCUT2D eigenvalue weighted by atomic mass is 10.2. The zero-order valence-corrected chi connectivity index (χ0v) is 15.9. The highest BCUT2D eigenvalue weighted by Crippen LogP contribution is 2.24. The van der Waals surface area contributed by atoms with Crippen molar-refractivity contribution in [3.63, 3.8) is 0 Å². The van der Waals surface area contributed by atoms with E-state index in [-0.39, 0.29) is 6.10 Å². The number of benzene rings is 2. The van der Waals surface area contributed by atoms with Crippen molar-refractivity contribution in [2.45, 2.75) is 25.9 Å². The summed E-state index contributed by atoms with van der Waals surface area (Å²) >= 11 is 0. The molecule has 1 unspecified atom stereocenters. The first-order chi connectivity index (χ1) is 13.7. The van der Waals surface area contributed by atoms with E-state index in [2.05, 4.69) is 20.6 Å². The molecule has 28 heavy (non-hydrogen) atoms. The zero-order chi connectivity index (χ0) is 19.2. The molecule has 4 rings (SSSR count). The molecule has 1 aliphatic rings. The van der Waals surface area contributed by atoms with Gasteiger partial charge in [-0.2, -0.15) is 0 Å². The van der Waals surface area contributed by atoms with Gasteiger partial charge in [0.2, 0.25) is 0 Å². The summed E-state index contributed by atoms with van der Waals surface area (Å²) in [7, 11) is 0.